The van der Waals surface area contributed by atoms with Crippen LogP contribution in [0.5, 0.6) is 0 Å². The van der Waals surface area contributed by atoms with Crippen LogP contribution in [0.15, 0.2) is 0 Å². The first-order chi connectivity index (χ1) is 14.1. The van der Waals surface area contributed by atoms with Gasteiger partial charge in [0.1, 0.15) is 0 Å². The van der Waals surface area contributed by atoms with Crippen LogP contribution in [0.1, 0.15) is 51.4 Å². The normalized spacial score (nSPS) is 13.6. The van der Waals surface area contributed by atoms with Gasteiger partial charge in [0, 0.05) is 39.4 Å². The predicted molar refractivity (Wildman–Crippen MR) is 111 cm³/mol. The third-order valence-electron chi connectivity index (χ3n) is 4.79. The van der Waals surface area contributed by atoms with Crippen LogP contribution in [0.2, 0.25) is 0 Å². The van der Waals surface area contributed by atoms with E-state index in [0.717, 1.165) is 52.4 Å². The Morgan fingerprint density at radius 3 is 1.48 bits per heavy atom. The summed E-state index contributed by atoms with van der Waals surface area (Å²) in [6.07, 6.45) is 8.79. The Balaban J connectivity index is 3.06. The molecule has 9 N–H and O–H groups in total. The SMILES string of the molecule is COP(=O)([O-])OCCCC[NH2+]CCC[NH2+]CCCC[NH2+]CCC[NH2+]CCCCO. The van der Waals surface area contributed by atoms with E-state index in [-0.39, 0.29) is 6.61 Å². The summed E-state index contributed by atoms with van der Waals surface area (Å²) in [6, 6.07) is 0. The zero-order valence-electron chi connectivity index (χ0n) is 18.6. The van der Waals surface area contributed by atoms with Gasteiger partial charge in [-0.1, -0.05) is 0 Å². The Kier molecular flexibility index (Phi) is 22.5. The van der Waals surface area contributed by atoms with Crippen LogP contribution in [0, 0.1) is 0 Å². The molecule has 9 nitrogen and oxygen atoms in total. The first-order valence-electron chi connectivity index (χ1n) is 11.5. The third-order valence-corrected chi connectivity index (χ3v) is 5.74. The molecule has 10 heteroatoms. The molecular weight excluding hydrogens is 395 g/mol. The first kappa shape index (κ1) is 28.9. The number of hydrogen-bond donors (Lipinski definition) is 5. The van der Waals surface area contributed by atoms with E-state index in [4.69, 9.17) is 5.11 Å². The summed E-state index contributed by atoms with van der Waals surface area (Å²) >= 11 is 0. The highest BCUT2D eigenvalue weighted by Gasteiger charge is 2.05. The van der Waals surface area contributed by atoms with Crippen molar-refractivity contribution >= 4 is 7.82 Å². The van der Waals surface area contributed by atoms with Gasteiger partial charge in [-0.15, -0.1) is 0 Å². The molecule has 0 fully saturated rings. The summed E-state index contributed by atoms with van der Waals surface area (Å²) in [5, 5.41) is 18.2. The number of unbranched alkanes of at least 4 members (excludes halogenated alkanes) is 3. The molecule has 0 spiro atoms. The van der Waals surface area contributed by atoms with Gasteiger partial charge in [0.15, 0.2) is 0 Å². The van der Waals surface area contributed by atoms with Crippen LogP contribution in [0.25, 0.3) is 0 Å². The van der Waals surface area contributed by atoms with E-state index in [1.54, 1.807) is 0 Å². The van der Waals surface area contributed by atoms with Gasteiger partial charge in [-0.2, -0.15) is 0 Å². The topological polar surface area (TPSA) is 145 Å². The fourth-order valence-electron chi connectivity index (χ4n) is 2.99. The second-order valence-corrected chi connectivity index (χ2v) is 9.00. The predicted octanol–water partition coefficient (Wildman–Crippen LogP) is -3.52. The number of phosphoric ester groups is 1. The van der Waals surface area contributed by atoms with Crippen LogP contribution in [0.4, 0.5) is 0 Å². The van der Waals surface area contributed by atoms with E-state index in [2.05, 4.69) is 30.3 Å². The molecule has 0 saturated carbocycles. The first-order valence-corrected chi connectivity index (χ1v) is 13.0. The number of nitrogens with two attached hydrogens (primary N) is 4. The van der Waals surface area contributed by atoms with Gasteiger partial charge in [-0.3, -0.25) is 4.57 Å². The summed E-state index contributed by atoms with van der Waals surface area (Å²) < 4.78 is 19.9. The Morgan fingerprint density at radius 1 is 0.690 bits per heavy atom. The highest BCUT2D eigenvalue weighted by atomic mass is 31.2. The lowest BCUT2D eigenvalue weighted by atomic mass is 10.3. The lowest BCUT2D eigenvalue weighted by Crippen LogP contribution is -2.89. The van der Waals surface area contributed by atoms with Gasteiger partial charge in [0.25, 0.3) is 7.82 Å². The van der Waals surface area contributed by atoms with Crippen molar-refractivity contribution in [2.75, 3.05) is 72.7 Å². The molecule has 0 aromatic carbocycles. The fraction of sp³-hybridized carbons (Fsp3) is 1.00. The zero-order valence-corrected chi connectivity index (χ0v) is 19.5. The third kappa shape index (κ3) is 24.1. The minimum Gasteiger partial charge on any atom is -0.756 e. The fourth-order valence-corrected chi connectivity index (χ4v) is 3.45. The molecule has 29 heavy (non-hydrogen) atoms. The Morgan fingerprint density at radius 2 is 1.07 bits per heavy atom. The van der Waals surface area contributed by atoms with Crippen LogP contribution in [-0.2, 0) is 13.6 Å². The highest BCUT2D eigenvalue weighted by Crippen LogP contribution is 2.36. The van der Waals surface area contributed by atoms with Crippen molar-refractivity contribution in [3.63, 3.8) is 0 Å². The van der Waals surface area contributed by atoms with Crippen molar-refractivity contribution in [1.29, 1.82) is 0 Å². The van der Waals surface area contributed by atoms with Gasteiger partial charge >= 0.3 is 0 Å². The average Bonchev–Trinajstić information content (AvgIpc) is 2.71. The van der Waals surface area contributed by atoms with Gasteiger partial charge in [0.2, 0.25) is 0 Å². The Hall–Kier alpha value is -0.0900. The van der Waals surface area contributed by atoms with Gasteiger partial charge in [-0.25, -0.2) is 0 Å². The second kappa shape index (κ2) is 22.6. The maximum atomic E-state index is 11.0. The van der Waals surface area contributed by atoms with Crippen LogP contribution >= 0.6 is 7.82 Å². The molecule has 1 unspecified atom stereocenters. The van der Waals surface area contributed by atoms with E-state index < -0.39 is 7.82 Å². The summed E-state index contributed by atoms with van der Waals surface area (Å²) in [4.78, 5) is 11.0. The maximum absolute atomic E-state index is 11.0. The van der Waals surface area contributed by atoms with Gasteiger partial charge in [-0.05, 0) is 25.7 Å². The van der Waals surface area contributed by atoms with E-state index in [0.29, 0.717) is 6.61 Å². The van der Waals surface area contributed by atoms with E-state index in [9.17, 15) is 9.46 Å². The number of quaternary nitrogens is 4. The monoisotopic (exact) mass is 443 g/mol. The van der Waals surface area contributed by atoms with E-state index in [1.165, 1.54) is 58.4 Å². The molecule has 0 heterocycles. The smallest absolute Gasteiger partial charge is 0.267 e. The summed E-state index contributed by atoms with van der Waals surface area (Å²) in [5.74, 6) is 0. The molecular formula is C19H48N4O5P+3. The molecule has 0 radical (unpaired) electrons. The zero-order chi connectivity index (χ0) is 21.5. The molecule has 1 atom stereocenters. The quantitative estimate of drug-likeness (QED) is 0.0776. The number of aliphatic hydroxyl groups excluding tert-OH is 1. The van der Waals surface area contributed by atoms with Crippen molar-refractivity contribution in [3.8, 4) is 0 Å². The van der Waals surface area contributed by atoms with Gasteiger partial charge < -0.3 is 40.3 Å². The maximum Gasteiger partial charge on any atom is 0.267 e. The van der Waals surface area contributed by atoms with Gasteiger partial charge in [0.05, 0.1) is 59.0 Å². The molecule has 0 aliphatic rings. The molecule has 0 rings (SSSR count). The molecule has 0 aliphatic heterocycles. The Labute approximate surface area is 177 Å². The lowest BCUT2D eigenvalue weighted by Gasteiger charge is -2.19. The minimum absolute atomic E-state index is 0.206. The summed E-state index contributed by atoms with van der Waals surface area (Å²) in [7, 11) is -2.93. The standard InChI is InChI=1S/C19H45N4O5P/c1-27-29(25,26)28-19-7-5-13-23-17-9-15-21-11-3-2-10-20-14-8-16-22-12-4-6-18-24/h20-24H,2-19H2,1H3,(H,25,26)/p+3. The van der Waals surface area contributed by atoms with Crippen molar-refractivity contribution < 1.29 is 44.9 Å². The van der Waals surface area contributed by atoms with Crippen molar-refractivity contribution in [1.82, 2.24) is 0 Å². The van der Waals surface area contributed by atoms with E-state index in [1.807, 2.05) is 0 Å². The Bertz CT molecular complexity index is 381. The highest BCUT2D eigenvalue weighted by molar-refractivity contribution is 7.45. The van der Waals surface area contributed by atoms with Crippen LogP contribution < -0.4 is 26.2 Å². The van der Waals surface area contributed by atoms with Crippen molar-refractivity contribution in [3.05, 3.63) is 0 Å². The number of aliphatic hydroxyl groups is 1. The molecule has 0 bridgehead atoms. The second-order valence-electron chi connectivity index (χ2n) is 7.48. The van der Waals surface area contributed by atoms with Crippen molar-refractivity contribution in [2.24, 2.45) is 0 Å². The lowest BCUT2D eigenvalue weighted by molar-refractivity contribution is -0.686. The molecule has 0 aromatic heterocycles. The molecule has 0 amide bonds. The average molecular weight is 444 g/mol. The van der Waals surface area contributed by atoms with Crippen LogP contribution in [-0.4, -0.2) is 77.8 Å². The molecule has 0 aromatic rings. The molecule has 0 saturated heterocycles. The largest absolute Gasteiger partial charge is 0.756 e. The summed E-state index contributed by atoms with van der Waals surface area (Å²) in [5.41, 5.74) is 0. The van der Waals surface area contributed by atoms with E-state index >= 15 is 0 Å². The number of phosphoric acid groups is 1. The summed E-state index contributed by atoms with van der Waals surface area (Å²) in [6.45, 7) is 9.88. The minimum atomic E-state index is -4.04. The molecule has 176 valence electrons. The van der Waals surface area contributed by atoms with Crippen LogP contribution in [0.3, 0.4) is 0 Å². The number of rotatable bonds is 24. The molecule has 0 aliphatic carbocycles. The van der Waals surface area contributed by atoms with Crippen molar-refractivity contribution in [2.45, 2.75) is 51.4 Å². The number of hydrogen-bond acceptors (Lipinski definition) is 5.